The number of hydrogen-bond acceptors (Lipinski definition) is 2. The van der Waals surface area contributed by atoms with E-state index in [4.69, 9.17) is 4.43 Å². The van der Waals surface area contributed by atoms with Crippen LogP contribution in [0.5, 0.6) is 0 Å². The van der Waals surface area contributed by atoms with Gasteiger partial charge in [0.15, 0.2) is 8.32 Å². The van der Waals surface area contributed by atoms with E-state index in [-0.39, 0.29) is 5.04 Å². The zero-order valence-corrected chi connectivity index (χ0v) is 16.7. The summed E-state index contributed by atoms with van der Waals surface area (Å²) in [5, 5.41) is 4.91. The van der Waals surface area contributed by atoms with Crippen molar-refractivity contribution in [2.75, 3.05) is 0 Å². The van der Waals surface area contributed by atoms with Gasteiger partial charge in [-0.15, -0.1) is 0 Å². The van der Waals surface area contributed by atoms with Crippen LogP contribution in [0.3, 0.4) is 0 Å². The first kappa shape index (κ1) is 16.2. The maximum absolute atomic E-state index is 6.29. The molecule has 1 aliphatic carbocycles. The third-order valence-electron chi connectivity index (χ3n) is 5.03. The fourth-order valence-corrected chi connectivity index (χ4v) is 3.82. The molecule has 2 aromatic heterocycles. The molecule has 0 atom stereocenters. The molecule has 2 aromatic rings. The lowest BCUT2D eigenvalue weighted by molar-refractivity contribution is 0.271. The van der Waals surface area contributed by atoms with Gasteiger partial charge in [-0.2, -0.15) is 5.10 Å². The SMILES string of the molecule is CC(C)(C)[Si](C)(C)OCc1cc2cc(C3CC3)cc(Br)n2n1. The van der Waals surface area contributed by atoms with Crippen LogP contribution in [0.1, 0.15) is 50.8 Å². The Morgan fingerprint density at radius 1 is 1.27 bits per heavy atom. The van der Waals surface area contributed by atoms with Crippen LogP contribution in [-0.2, 0) is 11.0 Å². The van der Waals surface area contributed by atoms with Gasteiger partial charge in [0.05, 0.1) is 17.8 Å². The number of hydrogen-bond donors (Lipinski definition) is 0. The van der Waals surface area contributed by atoms with E-state index in [1.165, 1.54) is 18.4 Å². The molecule has 5 heteroatoms. The molecule has 120 valence electrons. The summed E-state index contributed by atoms with van der Waals surface area (Å²) in [5.41, 5.74) is 3.60. The lowest BCUT2D eigenvalue weighted by Crippen LogP contribution is -2.40. The lowest BCUT2D eigenvalue weighted by Gasteiger charge is -2.35. The number of nitrogens with zero attached hydrogens (tertiary/aromatic N) is 2. The Bertz CT molecular complexity index is 698. The first-order valence-electron chi connectivity index (χ1n) is 7.99. The molecule has 0 saturated heterocycles. The molecule has 0 aromatic carbocycles. The number of halogens is 1. The first-order valence-corrected chi connectivity index (χ1v) is 11.7. The Labute approximate surface area is 142 Å². The van der Waals surface area contributed by atoms with Gasteiger partial charge in [-0.25, -0.2) is 4.52 Å². The molecule has 0 amide bonds. The van der Waals surface area contributed by atoms with E-state index in [0.29, 0.717) is 6.61 Å². The molecule has 3 nitrogen and oxygen atoms in total. The van der Waals surface area contributed by atoms with Gasteiger partial charge in [0.1, 0.15) is 4.60 Å². The van der Waals surface area contributed by atoms with Crippen LogP contribution >= 0.6 is 15.9 Å². The van der Waals surface area contributed by atoms with Crippen LogP contribution in [0.4, 0.5) is 0 Å². The van der Waals surface area contributed by atoms with Crippen LogP contribution < -0.4 is 0 Å². The van der Waals surface area contributed by atoms with E-state index < -0.39 is 8.32 Å². The molecule has 0 unspecified atom stereocenters. The van der Waals surface area contributed by atoms with Gasteiger partial charge in [0.25, 0.3) is 0 Å². The minimum absolute atomic E-state index is 0.228. The van der Waals surface area contributed by atoms with Crippen molar-refractivity contribution in [3.05, 3.63) is 34.1 Å². The molecule has 0 aliphatic heterocycles. The van der Waals surface area contributed by atoms with Crippen LogP contribution in [0, 0.1) is 0 Å². The minimum atomic E-state index is -1.73. The molecule has 1 saturated carbocycles. The Hall–Kier alpha value is -0.653. The van der Waals surface area contributed by atoms with Gasteiger partial charge in [-0.3, -0.25) is 0 Å². The van der Waals surface area contributed by atoms with Crippen molar-refractivity contribution >= 4 is 29.8 Å². The molecule has 2 heterocycles. The maximum atomic E-state index is 6.29. The second-order valence-electron chi connectivity index (χ2n) is 7.91. The maximum Gasteiger partial charge on any atom is 0.192 e. The highest BCUT2D eigenvalue weighted by Crippen LogP contribution is 2.41. The molecule has 0 N–H and O–H groups in total. The van der Waals surface area contributed by atoms with Crippen molar-refractivity contribution in [1.82, 2.24) is 9.61 Å². The summed E-state index contributed by atoms with van der Waals surface area (Å²) in [6, 6.07) is 6.63. The topological polar surface area (TPSA) is 26.5 Å². The predicted octanol–water partition coefficient (Wildman–Crippen LogP) is 5.50. The average molecular weight is 381 g/mol. The van der Waals surface area contributed by atoms with Crippen molar-refractivity contribution < 1.29 is 4.43 Å². The van der Waals surface area contributed by atoms with E-state index in [1.54, 1.807) is 0 Å². The smallest absolute Gasteiger partial charge is 0.192 e. The highest BCUT2D eigenvalue weighted by molar-refractivity contribution is 9.10. The highest BCUT2D eigenvalue weighted by atomic mass is 79.9. The largest absolute Gasteiger partial charge is 0.411 e. The monoisotopic (exact) mass is 380 g/mol. The van der Waals surface area contributed by atoms with E-state index in [1.807, 2.05) is 4.52 Å². The number of aromatic nitrogens is 2. The zero-order chi connectivity index (χ0) is 16.1. The van der Waals surface area contributed by atoms with Gasteiger partial charge in [0.2, 0.25) is 0 Å². The minimum Gasteiger partial charge on any atom is -0.411 e. The van der Waals surface area contributed by atoms with E-state index in [2.05, 4.69) is 73.1 Å². The normalized spacial score (nSPS) is 16.5. The third-order valence-corrected chi connectivity index (χ3v) is 10.1. The van der Waals surface area contributed by atoms with Gasteiger partial charge >= 0.3 is 0 Å². The standard InChI is InChI=1S/C17H25BrN2OSi/c1-17(2,3)22(4,5)21-11-14-10-15-8-13(12-6-7-12)9-16(18)20(15)19-14/h8-10,12H,6-7,11H2,1-5H3. The van der Waals surface area contributed by atoms with Crippen molar-refractivity contribution in [2.45, 2.75) is 64.3 Å². The van der Waals surface area contributed by atoms with Crippen LogP contribution in [-0.4, -0.2) is 17.9 Å². The Balaban J connectivity index is 1.82. The first-order chi connectivity index (χ1) is 10.2. The predicted molar refractivity (Wildman–Crippen MR) is 96.9 cm³/mol. The fourth-order valence-electron chi connectivity index (χ4n) is 2.33. The van der Waals surface area contributed by atoms with E-state index in [9.17, 15) is 0 Å². The summed E-state index contributed by atoms with van der Waals surface area (Å²) in [6.07, 6.45) is 2.64. The third kappa shape index (κ3) is 3.17. The van der Waals surface area contributed by atoms with Crippen LogP contribution in [0.15, 0.2) is 22.8 Å². The van der Waals surface area contributed by atoms with Crippen molar-refractivity contribution in [2.24, 2.45) is 0 Å². The molecular formula is C17H25BrN2OSi. The zero-order valence-electron chi connectivity index (χ0n) is 14.1. The van der Waals surface area contributed by atoms with Gasteiger partial charge in [0, 0.05) is 0 Å². The molecule has 0 spiro atoms. The number of fused-ring (bicyclic) bond motifs is 1. The van der Waals surface area contributed by atoms with Gasteiger partial charge in [-0.05, 0) is 76.6 Å². The Morgan fingerprint density at radius 3 is 2.55 bits per heavy atom. The molecule has 1 fully saturated rings. The van der Waals surface area contributed by atoms with Gasteiger partial charge in [-0.1, -0.05) is 20.8 Å². The summed E-state index contributed by atoms with van der Waals surface area (Å²) in [4.78, 5) is 0. The second-order valence-corrected chi connectivity index (χ2v) is 13.5. The average Bonchev–Trinajstić information content (AvgIpc) is 3.16. The second kappa shape index (κ2) is 5.46. The van der Waals surface area contributed by atoms with Crippen LogP contribution in [0.25, 0.3) is 5.52 Å². The summed E-state index contributed by atoms with van der Waals surface area (Å²) in [6.45, 7) is 12.0. The highest BCUT2D eigenvalue weighted by Gasteiger charge is 2.37. The summed E-state index contributed by atoms with van der Waals surface area (Å²) in [5.74, 6) is 0.753. The fraction of sp³-hybridized carbons (Fsp3) is 0.588. The summed E-state index contributed by atoms with van der Waals surface area (Å²) >= 11 is 3.65. The molecule has 22 heavy (non-hydrogen) atoms. The van der Waals surface area contributed by atoms with Gasteiger partial charge < -0.3 is 4.43 Å². The molecular weight excluding hydrogens is 356 g/mol. The quantitative estimate of drug-likeness (QED) is 0.517. The number of rotatable bonds is 4. The molecule has 1 aliphatic rings. The van der Waals surface area contributed by atoms with E-state index >= 15 is 0 Å². The Kier molecular flexibility index (Phi) is 4.02. The van der Waals surface area contributed by atoms with Crippen LogP contribution in [0.2, 0.25) is 18.1 Å². The lowest BCUT2D eigenvalue weighted by atomic mass is 10.1. The van der Waals surface area contributed by atoms with E-state index in [0.717, 1.165) is 21.7 Å². The molecule has 3 rings (SSSR count). The summed E-state index contributed by atoms with van der Waals surface area (Å²) < 4.78 is 9.29. The number of pyridine rings is 1. The molecule has 0 bridgehead atoms. The molecule has 0 radical (unpaired) electrons. The van der Waals surface area contributed by atoms with Crippen molar-refractivity contribution in [3.63, 3.8) is 0 Å². The Morgan fingerprint density at radius 2 is 1.95 bits per heavy atom. The summed E-state index contributed by atoms with van der Waals surface area (Å²) in [7, 11) is -1.73. The van der Waals surface area contributed by atoms with Crippen molar-refractivity contribution in [1.29, 1.82) is 0 Å². The van der Waals surface area contributed by atoms with Crippen molar-refractivity contribution in [3.8, 4) is 0 Å².